The van der Waals surface area contributed by atoms with Gasteiger partial charge in [0.2, 0.25) is 0 Å². The van der Waals surface area contributed by atoms with E-state index in [-0.39, 0.29) is 11.4 Å². The molecule has 20 heavy (non-hydrogen) atoms. The van der Waals surface area contributed by atoms with Crippen molar-refractivity contribution in [1.29, 1.82) is 0 Å². The number of aryl methyl sites for hydroxylation is 1. The Morgan fingerprint density at radius 1 is 1.10 bits per heavy atom. The van der Waals surface area contributed by atoms with E-state index in [2.05, 4.69) is 10.5 Å². The highest BCUT2D eigenvalue weighted by Gasteiger charge is 2.08. The van der Waals surface area contributed by atoms with Crippen LogP contribution in [0.5, 0.6) is 0 Å². The average molecular weight is 283 g/mol. The van der Waals surface area contributed by atoms with Gasteiger partial charge in [0.1, 0.15) is 7.85 Å². The summed E-state index contributed by atoms with van der Waals surface area (Å²) in [6.45, 7) is 1.95. The second kappa shape index (κ2) is 6.39. The van der Waals surface area contributed by atoms with Gasteiger partial charge in [0.05, 0.1) is 11.3 Å². The van der Waals surface area contributed by atoms with Crippen molar-refractivity contribution in [2.45, 2.75) is 6.92 Å². The molecule has 0 bridgehead atoms. The van der Waals surface area contributed by atoms with Gasteiger partial charge < -0.3 is 0 Å². The number of nitrogens with zero attached hydrogens (tertiary/aromatic N) is 1. The molecule has 2 aromatic rings. The van der Waals surface area contributed by atoms with Crippen LogP contribution >= 0.6 is 11.6 Å². The van der Waals surface area contributed by atoms with Crippen molar-refractivity contribution in [2.24, 2.45) is 5.10 Å². The Balaban J connectivity index is 2.08. The quantitative estimate of drug-likeness (QED) is 0.404. The monoisotopic (exact) mass is 282 g/mol. The lowest BCUT2D eigenvalue weighted by atomic mass is 9.92. The first-order valence-electron chi connectivity index (χ1n) is 6.02. The molecule has 98 valence electrons. The molecule has 0 saturated heterocycles. The number of Topliss-reactive ketones (excluding diaryl/α,β-unsaturated/α-hetero) is 1. The molecule has 5 heteroatoms. The predicted octanol–water partition coefficient (Wildman–Crippen LogP) is 3.43. The van der Waals surface area contributed by atoms with Gasteiger partial charge in [0, 0.05) is 10.6 Å². The van der Waals surface area contributed by atoms with Crippen LogP contribution in [0.4, 0.5) is 5.69 Å². The summed E-state index contributed by atoms with van der Waals surface area (Å²) in [4.78, 5) is 12.0. The lowest BCUT2D eigenvalue weighted by Gasteiger charge is -2.04. The van der Waals surface area contributed by atoms with E-state index in [1.807, 2.05) is 19.1 Å². The summed E-state index contributed by atoms with van der Waals surface area (Å²) >= 11 is 5.78. The molecular formula is C15H12BClN2O. The summed E-state index contributed by atoms with van der Waals surface area (Å²) in [5.74, 6) is -0.313. The van der Waals surface area contributed by atoms with Crippen LogP contribution in [0, 0.1) is 6.92 Å². The Kier molecular flexibility index (Phi) is 4.59. The van der Waals surface area contributed by atoms with Crippen molar-refractivity contribution < 1.29 is 4.79 Å². The maximum absolute atomic E-state index is 12.0. The van der Waals surface area contributed by atoms with E-state index < -0.39 is 0 Å². The molecule has 0 amide bonds. The normalized spacial score (nSPS) is 11.2. The Labute approximate surface area is 124 Å². The van der Waals surface area contributed by atoms with E-state index in [0.29, 0.717) is 16.3 Å². The highest BCUT2D eigenvalue weighted by atomic mass is 35.5. The zero-order valence-corrected chi connectivity index (χ0v) is 11.7. The number of hydrogen-bond acceptors (Lipinski definition) is 3. The zero-order chi connectivity index (χ0) is 14.5. The molecule has 2 radical (unpaired) electrons. The molecule has 0 saturated carbocycles. The van der Waals surface area contributed by atoms with Gasteiger partial charge in [-0.1, -0.05) is 41.4 Å². The first-order chi connectivity index (χ1) is 9.56. The van der Waals surface area contributed by atoms with Crippen molar-refractivity contribution in [3.8, 4) is 0 Å². The van der Waals surface area contributed by atoms with Crippen LogP contribution < -0.4 is 5.43 Å². The molecule has 0 spiro atoms. The molecule has 2 aromatic carbocycles. The summed E-state index contributed by atoms with van der Waals surface area (Å²) in [5.41, 5.74) is 4.92. The van der Waals surface area contributed by atoms with Gasteiger partial charge in [-0.25, -0.2) is 0 Å². The highest BCUT2D eigenvalue weighted by molar-refractivity contribution is 6.81. The fourth-order valence-electron chi connectivity index (χ4n) is 1.55. The van der Waals surface area contributed by atoms with E-state index >= 15 is 0 Å². The lowest BCUT2D eigenvalue weighted by Crippen LogP contribution is -2.16. The molecule has 0 aromatic heterocycles. The molecule has 0 aliphatic heterocycles. The minimum Gasteiger partial charge on any atom is -0.288 e. The molecule has 0 aliphatic carbocycles. The van der Waals surface area contributed by atoms with E-state index in [9.17, 15) is 4.79 Å². The Morgan fingerprint density at radius 2 is 1.70 bits per heavy atom. The number of hydrogen-bond donors (Lipinski definition) is 1. The second-order valence-electron chi connectivity index (χ2n) is 4.31. The van der Waals surface area contributed by atoms with E-state index in [1.54, 1.807) is 36.4 Å². The summed E-state index contributed by atoms with van der Waals surface area (Å²) < 4.78 is 0. The summed E-state index contributed by atoms with van der Waals surface area (Å²) in [5, 5.41) is 4.50. The van der Waals surface area contributed by atoms with E-state index in [0.717, 1.165) is 5.56 Å². The number of ketones is 1. The number of hydrazone groups is 1. The summed E-state index contributed by atoms with van der Waals surface area (Å²) in [7, 11) is 5.68. The van der Waals surface area contributed by atoms with Gasteiger partial charge in [-0.15, -0.1) is 0 Å². The van der Waals surface area contributed by atoms with Crippen LogP contribution in [0.15, 0.2) is 53.6 Å². The number of nitrogens with one attached hydrogen (secondary N) is 1. The fraction of sp³-hybridized carbons (Fsp3) is 0.0667. The third-order valence-electron chi connectivity index (χ3n) is 2.70. The standard InChI is InChI=1S/C15H12BClN2O/c1-10-2-4-11(5-3-10)14(20)15(16)19-18-13-8-6-12(17)7-9-13/h2-9,18H,1H3/b19-15-. The minimum atomic E-state index is -0.313. The first-order valence-corrected chi connectivity index (χ1v) is 6.40. The van der Waals surface area contributed by atoms with Gasteiger partial charge in [0.15, 0.2) is 5.78 Å². The van der Waals surface area contributed by atoms with Crippen LogP contribution in [0.25, 0.3) is 0 Å². The molecule has 0 unspecified atom stereocenters. The van der Waals surface area contributed by atoms with Gasteiger partial charge >= 0.3 is 0 Å². The van der Waals surface area contributed by atoms with E-state index in [4.69, 9.17) is 19.4 Å². The molecule has 2 rings (SSSR count). The number of carbonyl (C=O) groups is 1. The zero-order valence-electron chi connectivity index (χ0n) is 10.9. The molecule has 3 nitrogen and oxygen atoms in total. The maximum atomic E-state index is 12.0. The fourth-order valence-corrected chi connectivity index (χ4v) is 1.68. The molecule has 0 aliphatic rings. The van der Waals surface area contributed by atoms with Crippen molar-refractivity contribution in [1.82, 2.24) is 0 Å². The van der Waals surface area contributed by atoms with Crippen molar-refractivity contribution in [3.05, 3.63) is 64.7 Å². The van der Waals surface area contributed by atoms with Crippen molar-refractivity contribution in [2.75, 3.05) is 5.43 Å². The number of benzene rings is 2. The van der Waals surface area contributed by atoms with Crippen LogP contribution in [-0.4, -0.2) is 19.2 Å². The van der Waals surface area contributed by atoms with Crippen LogP contribution in [0.1, 0.15) is 15.9 Å². The van der Waals surface area contributed by atoms with Crippen LogP contribution in [0.3, 0.4) is 0 Å². The molecule has 1 N–H and O–H groups in total. The second-order valence-corrected chi connectivity index (χ2v) is 4.75. The number of anilines is 1. The average Bonchev–Trinajstić information content (AvgIpc) is 2.46. The molecule has 0 atom stereocenters. The Bertz CT molecular complexity index is 636. The maximum Gasteiger partial charge on any atom is 0.198 e. The van der Waals surface area contributed by atoms with E-state index in [1.165, 1.54) is 0 Å². The Hall–Kier alpha value is -2.07. The topological polar surface area (TPSA) is 41.5 Å². The number of carbonyl (C=O) groups excluding carboxylic acids is 1. The number of rotatable bonds is 4. The van der Waals surface area contributed by atoms with Gasteiger partial charge in [-0.05, 0) is 31.2 Å². The predicted molar refractivity (Wildman–Crippen MR) is 83.8 cm³/mol. The third-order valence-corrected chi connectivity index (χ3v) is 2.95. The van der Waals surface area contributed by atoms with Gasteiger partial charge in [0.25, 0.3) is 0 Å². The van der Waals surface area contributed by atoms with Crippen LogP contribution in [-0.2, 0) is 0 Å². The van der Waals surface area contributed by atoms with Gasteiger partial charge in [-0.3, -0.25) is 10.2 Å². The summed E-state index contributed by atoms with van der Waals surface area (Å²) in [6.07, 6.45) is 0. The smallest absolute Gasteiger partial charge is 0.198 e. The van der Waals surface area contributed by atoms with Crippen LogP contribution in [0.2, 0.25) is 5.02 Å². The first kappa shape index (κ1) is 14.3. The van der Waals surface area contributed by atoms with Crippen molar-refractivity contribution in [3.63, 3.8) is 0 Å². The lowest BCUT2D eigenvalue weighted by molar-refractivity contribution is 0.106. The van der Waals surface area contributed by atoms with Gasteiger partial charge in [-0.2, -0.15) is 5.10 Å². The SMILES string of the molecule is [B]/C(=N\Nc1ccc(Cl)cc1)C(=O)c1ccc(C)cc1. The molecular weight excluding hydrogens is 270 g/mol. The Morgan fingerprint density at radius 3 is 2.30 bits per heavy atom. The largest absolute Gasteiger partial charge is 0.288 e. The van der Waals surface area contributed by atoms with Crippen molar-refractivity contribution >= 4 is 36.5 Å². The minimum absolute atomic E-state index is 0.0937. The third kappa shape index (κ3) is 3.71. The molecule has 0 fully saturated rings. The molecule has 0 heterocycles. The highest BCUT2D eigenvalue weighted by Crippen LogP contribution is 2.13. The number of halogens is 1. The summed E-state index contributed by atoms with van der Waals surface area (Å²) in [6, 6.07) is 14.1.